The van der Waals surface area contributed by atoms with Crippen LogP contribution in [0.15, 0.2) is 36.7 Å². The Kier molecular flexibility index (Phi) is 2.97. The first kappa shape index (κ1) is 10.8. The predicted octanol–water partition coefficient (Wildman–Crippen LogP) is 3.00. The van der Waals surface area contributed by atoms with Crippen molar-refractivity contribution in [3.63, 3.8) is 0 Å². The smallest absolute Gasteiger partial charge is 0.160 e. The summed E-state index contributed by atoms with van der Waals surface area (Å²) in [6.07, 6.45) is 3.28. The quantitative estimate of drug-likeness (QED) is 0.748. The largest absolute Gasteiger partial charge is 0.294 e. The van der Waals surface area contributed by atoms with Crippen molar-refractivity contribution in [3.05, 3.63) is 47.2 Å². The minimum Gasteiger partial charge on any atom is -0.294 e. The van der Waals surface area contributed by atoms with E-state index in [-0.39, 0.29) is 5.78 Å². The molecule has 1 aromatic heterocycles. The predicted molar refractivity (Wildman–Crippen MR) is 62.5 cm³/mol. The molecule has 0 saturated heterocycles. The molecule has 0 unspecified atom stereocenters. The minimum absolute atomic E-state index is 0.0510. The van der Waals surface area contributed by atoms with Crippen LogP contribution in [-0.4, -0.2) is 15.8 Å². The molecule has 0 aliphatic heterocycles. The lowest BCUT2D eigenvalue weighted by Gasteiger charge is -2.05. The maximum Gasteiger partial charge on any atom is 0.160 e. The zero-order valence-electron chi connectivity index (χ0n) is 8.64. The van der Waals surface area contributed by atoms with Crippen LogP contribution in [0, 0.1) is 0 Å². The average molecular weight is 233 g/mol. The van der Waals surface area contributed by atoms with Gasteiger partial charge in [-0.05, 0) is 31.2 Å². The Hall–Kier alpha value is -1.74. The molecule has 80 valence electrons. The van der Waals surface area contributed by atoms with E-state index in [0.29, 0.717) is 22.0 Å². The molecule has 0 bridgehead atoms. The van der Waals surface area contributed by atoms with Crippen molar-refractivity contribution in [3.8, 4) is 11.4 Å². The van der Waals surface area contributed by atoms with Gasteiger partial charge in [-0.25, -0.2) is 9.97 Å². The van der Waals surface area contributed by atoms with Crippen LogP contribution in [0.1, 0.15) is 17.3 Å². The topological polar surface area (TPSA) is 42.9 Å². The average Bonchev–Trinajstić information content (AvgIpc) is 2.30. The van der Waals surface area contributed by atoms with Crippen LogP contribution in [0.5, 0.6) is 0 Å². The summed E-state index contributed by atoms with van der Waals surface area (Å²) >= 11 is 5.86. The van der Waals surface area contributed by atoms with Gasteiger partial charge in [0.2, 0.25) is 0 Å². The van der Waals surface area contributed by atoms with E-state index in [1.807, 2.05) is 0 Å². The summed E-state index contributed by atoms with van der Waals surface area (Å²) in [6, 6.07) is 6.84. The van der Waals surface area contributed by atoms with Gasteiger partial charge in [-0.15, -0.1) is 0 Å². The van der Waals surface area contributed by atoms with E-state index in [9.17, 15) is 4.79 Å². The molecule has 3 nitrogen and oxygen atoms in total. The van der Waals surface area contributed by atoms with Crippen molar-refractivity contribution >= 4 is 17.4 Å². The zero-order chi connectivity index (χ0) is 11.5. The molecule has 2 aromatic rings. The second-order valence-corrected chi connectivity index (χ2v) is 3.75. The Morgan fingerprint density at radius 2 is 1.94 bits per heavy atom. The first-order valence-electron chi connectivity index (χ1n) is 4.76. The third kappa shape index (κ3) is 2.09. The summed E-state index contributed by atoms with van der Waals surface area (Å²) in [5.74, 6) is 0.481. The third-order valence-electron chi connectivity index (χ3n) is 2.17. The van der Waals surface area contributed by atoms with Crippen LogP contribution in [0.25, 0.3) is 11.4 Å². The number of Topliss-reactive ketones (excluding diaryl/α,β-unsaturated/α-hetero) is 1. The van der Waals surface area contributed by atoms with Crippen LogP contribution in [0.4, 0.5) is 0 Å². The molecule has 4 heteroatoms. The number of rotatable bonds is 2. The molecule has 0 aliphatic carbocycles. The lowest BCUT2D eigenvalue weighted by Crippen LogP contribution is -1.98. The van der Waals surface area contributed by atoms with Gasteiger partial charge in [0.15, 0.2) is 11.6 Å². The van der Waals surface area contributed by atoms with Crippen LogP contribution >= 0.6 is 11.6 Å². The van der Waals surface area contributed by atoms with Crippen molar-refractivity contribution in [1.29, 1.82) is 0 Å². The van der Waals surface area contributed by atoms with Crippen LogP contribution in [0.2, 0.25) is 5.02 Å². The molecule has 0 spiro atoms. The molecule has 0 amide bonds. The molecule has 0 saturated carbocycles. The number of hydrogen-bond donors (Lipinski definition) is 0. The van der Waals surface area contributed by atoms with Gasteiger partial charge in [-0.3, -0.25) is 4.79 Å². The second kappa shape index (κ2) is 4.41. The molecule has 0 radical (unpaired) electrons. The third-order valence-corrected chi connectivity index (χ3v) is 2.40. The Bertz CT molecular complexity index is 526. The highest BCUT2D eigenvalue weighted by atomic mass is 35.5. The highest BCUT2D eigenvalue weighted by molar-refractivity contribution is 6.31. The van der Waals surface area contributed by atoms with E-state index >= 15 is 0 Å². The molecule has 0 fully saturated rings. The molecule has 1 aromatic carbocycles. The Morgan fingerprint density at radius 1 is 1.25 bits per heavy atom. The Balaban J connectivity index is 2.61. The number of ketones is 1. The molecule has 0 N–H and O–H groups in total. The number of aromatic nitrogens is 2. The molecular formula is C12H9ClN2O. The highest BCUT2D eigenvalue weighted by Crippen LogP contribution is 2.23. The van der Waals surface area contributed by atoms with Gasteiger partial charge in [0.05, 0.1) is 0 Å². The van der Waals surface area contributed by atoms with E-state index in [1.54, 1.807) is 36.7 Å². The Labute approximate surface area is 98.1 Å². The van der Waals surface area contributed by atoms with E-state index in [1.165, 1.54) is 6.92 Å². The fraction of sp³-hybridized carbons (Fsp3) is 0.0833. The van der Waals surface area contributed by atoms with E-state index < -0.39 is 0 Å². The van der Waals surface area contributed by atoms with Gasteiger partial charge in [-0.1, -0.05) is 11.6 Å². The van der Waals surface area contributed by atoms with Crippen LogP contribution < -0.4 is 0 Å². The maximum atomic E-state index is 11.5. The maximum absolute atomic E-state index is 11.5. The number of carbonyl (C=O) groups is 1. The first-order valence-corrected chi connectivity index (χ1v) is 5.14. The summed E-state index contributed by atoms with van der Waals surface area (Å²) in [7, 11) is 0. The molecule has 16 heavy (non-hydrogen) atoms. The summed E-state index contributed by atoms with van der Waals surface area (Å²) in [5, 5.41) is 0.532. The number of nitrogens with zero attached hydrogens (tertiary/aromatic N) is 2. The van der Waals surface area contributed by atoms with Crippen LogP contribution in [0.3, 0.4) is 0 Å². The number of carbonyl (C=O) groups excluding carboxylic acids is 1. The minimum atomic E-state index is -0.0510. The van der Waals surface area contributed by atoms with Crippen molar-refractivity contribution in [1.82, 2.24) is 9.97 Å². The fourth-order valence-corrected chi connectivity index (χ4v) is 1.61. The molecular weight excluding hydrogens is 224 g/mol. The first-order chi connectivity index (χ1) is 7.68. The number of halogens is 1. The summed E-state index contributed by atoms with van der Waals surface area (Å²) in [4.78, 5) is 19.7. The van der Waals surface area contributed by atoms with Gasteiger partial charge >= 0.3 is 0 Å². The number of hydrogen-bond acceptors (Lipinski definition) is 3. The SMILES string of the molecule is CC(=O)c1cc(Cl)ccc1-c1ncccn1. The van der Waals surface area contributed by atoms with Crippen molar-refractivity contribution in [2.45, 2.75) is 6.92 Å². The second-order valence-electron chi connectivity index (χ2n) is 3.32. The molecule has 2 rings (SSSR count). The zero-order valence-corrected chi connectivity index (χ0v) is 9.40. The fourth-order valence-electron chi connectivity index (χ4n) is 1.44. The molecule has 0 atom stereocenters. The molecule has 0 aliphatic rings. The summed E-state index contributed by atoms with van der Waals surface area (Å²) in [5.41, 5.74) is 1.25. The Morgan fingerprint density at radius 3 is 2.56 bits per heavy atom. The van der Waals surface area contributed by atoms with E-state index in [0.717, 1.165) is 0 Å². The highest BCUT2D eigenvalue weighted by Gasteiger charge is 2.11. The van der Waals surface area contributed by atoms with Crippen molar-refractivity contribution < 1.29 is 4.79 Å². The van der Waals surface area contributed by atoms with Crippen LogP contribution in [-0.2, 0) is 0 Å². The molecule has 1 heterocycles. The van der Waals surface area contributed by atoms with Gasteiger partial charge < -0.3 is 0 Å². The van der Waals surface area contributed by atoms with Crippen molar-refractivity contribution in [2.75, 3.05) is 0 Å². The van der Waals surface area contributed by atoms with Gasteiger partial charge in [-0.2, -0.15) is 0 Å². The van der Waals surface area contributed by atoms with E-state index in [4.69, 9.17) is 11.6 Å². The van der Waals surface area contributed by atoms with Gasteiger partial charge in [0.25, 0.3) is 0 Å². The normalized spacial score (nSPS) is 10.1. The van der Waals surface area contributed by atoms with Gasteiger partial charge in [0, 0.05) is 28.5 Å². The standard InChI is InChI=1S/C12H9ClN2O/c1-8(16)11-7-9(13)3-4-10(11)12-14-5-2-6-15-12/h2-7H,1H3. The summed E-state index contributed by atoms with van der Waals surface area (Å²) in [6.45, 7) is 1.50. The lowest BCUT2D eigenvalue weighted by atomic mass is 10.0. The number of benzene rings is 1. The van der Waals surface area contributed by atoms with E-state index in [2.05, 4.69) is 9.97 Å². The summed E-state index contributed by atoms with van der Waals surface area (Å²) < 4.78 is 0. The monoisotopic (exact) mass is 232 g/mol. The van der Waals surface area contributed by atoms with Gasteiger partial charge in [0.1, 0.15) is 0 Å². The van der Waals surface area contributed by atoms with Crippen molar-refractivity contribution in [2.24, 2.45) is 0 Å². The lowest BCUT2D eigenvalue weighted by molar-refractivity contribution is 0.101.